The van der Waals surface area contributed by atoms with E-state index < -0.39 is 36.9 Å². The first kappa shape index (κ1) is 17.8. The molecule has 3 aliphatic rings. The summed E-state index contributed by atoms with van der Waals surface area (Å²) >= 11 is 1.93. The van der Waals surface area contributed by atoms with Crippen LogP contribution in [0.5, 0.6) is 0 Å². The Labute approximate surface area is 161 Å². The topological polar surface area (TPSA) is 161 Å². The number of aliphatic hydroxyl groups is 3. The van der Waals surface area contributed by atoms with Crippen molar-refractivity contribution in [2.75, 3.05) is 18.6 Å². The molecule has 1 fully saturated rings. The fourth-order valence-electron chi connectivity index (χ4n) is 3.10. The summed E-state index contributed by atoms with van der Waals surface area (Å²) in [6.07, 6.45) is -2.75. The average molecular weight is 476 g/mol. The number of nitrogens with two attached hydrogens (primary N) is 1. The number of ether oxygens (including phenoxy) is 1. The van der Waals surface area contributed by atoms with E-state index in [1.54, 1.807) is 17.0 Å². The van der Waals surface area contributed by atoms with Gasteiger partial charge in [0.15, 0.2) is 21.8 Å². The summed E-state index contributed by atoms with van der Waals surface area (Å²) in [5.41, 5.74) is 6.76. The van der Waals surface area contributed by atoms with Crippen LogP contribution in [-0.4, -0.2) is 79.2 Å². The maximum atomic E-state index is 10.3. The van der Waals surface area contributed by atoms with Gasteiger partial charge in [0.05, 0.1) is 12.9 Å². The van der Waals surface area contributed by atoms with E-state index in [0.717, 1.165) is 0 Å². The lowest BCUT2D eigenvalue weighted by Crippen LogP contribution is -2.60. The molecule has 0 bridgehead atoms. The standard InChI is InChI=1S/C14H17IN6O5/c15-13-18-11-10(14(16,20-13)19-7-2-1-3-25-7)17-5-21(11)12-9(24)8(23)6(4-22)26-12/h1-3,6,8-9,12,19,22-24H,4-5,16H2/t6-,8-,9-,12-,14?/m1/s1. The molecule has 4 rings (SSSR count). The average Bonchev–Trinajstić information content (AvgIpc) is 3.29. The van der Waals surface area contributed by atoms with Gasteiger partial charge < -0.3 is 34.7 Å². The Morgan fingerprint density at radius 2 is 2.23 bits per heavy atom. The van der Waals surface area contributed by atoms with Crippen LogP contribution in [0.1, 0.15) is 0 Å². The summed E-state index contributed by atoms with van der Waals surface area (Å²) in [5, 5.41) is 32.5. The number of hydrogen-bond acceptors (Lipinski definition) is 11. The summed E-state index contributed by atoms with van der Waals surface area (Å²) in [5.74, 6) is -0.616. The minimum atomic E-state index is -1.40. The van der Waals surface area contributed by atoms with Crippen molar-refractivity contribution in [1.29, 1.82) is 0 Å². The van der Waals surface area contributed by atoms with Crippen molar-refractivity contribution in [3.63, 3.8) is 0 Å². The van der Waals surface area contributed by atoms with Crippen LogP contribution in [0.3, 0.4) is 0 Å². The van der Waals surface area contributed by atoms with Crippen molar-refractivity contribution in [2.24, 2.45) is 20.7 Å². The number of nitrogens with one attached hydrogen (secondary N) is 1. The normalized spacial score (nSPS) is 36.5. The second kappa shape index (κ2) is 6.54. The minimum Gasteiger partial charge on any atom is -0.449 e. The number of rotatable bonds is 4. The van der Waals surface area contributed by atoms with E-state index in [2.05, 4.69) is 20.3 Å². The van der Waals surface area contributed by atoms with Crippen LogP contribution in [0.2, 0.25) is 0 Å². The number of fused-ring (bicyclic) bond motifs is 1. The van der Waals surface area contributed by atoms with E-state index in [-0.39, 0.29) is 6.67 Å². The second-order valence-corrected chi connectivity index (χ2v) is 7.00. The Bertz CT molecular complexity index is 783. The van der Waals surface area contributed by atoms with Crippen molar-refractivity contribution < 1.29 is 24.5 Å². The number of amidine groups is 2. The molecule has 26 heavy (non-hydrogen) atoms. The van der Waals surface area contributed by atoms with Gasteiger partial charge in [0, 0.05) is 28.7 Å². The van der Waals surface area contributed by atoms with Crippen LogP contribution in [0.15, 0.2) is 37.8 Å². The largest absolute Gasteiger partial charge is 0.449 e. The lowest BCUT2D eigenvalue weighted by Gasteiger charge is -2.33. The third kappa shape index (κ3) is 2.82. The monoisotopic (exact) mass is 476 g/mol. The molecule has 1 unspecified atom stereocenters. The van der Waals surface area contributed by atoms with Gasteiger partial charge in [0.1, 0.15) is 30.7 Å². The maximum Gasteiger partial charge on any atom is 0.234 e. The quantitative estimate of drug-likeness (QED) is 0.203. The molecule has 1 saturated heterocycles. The molecule has 0 radical (unpaired) electrons. The summed E-state index contributed by atoms with van der Waals surface area (Å²) in [6.45, 7) is -0.304. The molecular formula is C14H17IN6O5. The van der Waals surface area contributed by atoms with Gasteiger partial charge in [0.25, 0.3) is 0 Å². The number of anilines is 1. The highest BCUT2D eigenvalue weighted by molar-refractivity contribution is 14.1. The zero-order valence-corrected chi connectivity index (χ0v) is 15.5. The van der Waals surface area contributed by atoms with Crippen molar-refractivity contribution in [3.8, 4) is 0 Å². The van der Waals surface area contributed by atoms with E-state index in [0.29, 0.717) is 21.3 Å². The van der Waals surface area contributed by atoms with Crippen LogP contribution < -0.4 is 11.1 Å². The highest BCUT2D eigenvalue weighted by Crippen LogP contribution is 2.30. The Balaban J connectivity index is 1.62. The molecule has 0 saturated carbocycles. The second-order valence-electron chi connectivity index (χ2n) is 6.03. The van der Waals surface area contributed by atoms with Crippen molar-refractivity contribution in [3.05, 3.63) is 18.4 Å². The Morgan fingerprint density at radius 3 is 2.88 bits per heavy atom. The fourth-order valence-corrected chi connectivity index (χ4v) is 3.71. The number of halogens is 1. The molecule has 0 aromatic carbocycles. The number of furan rings is 1. The molecule has 0 amide bonds. The zero-order valence-electron chi connectivity index (χ0n) is 13.4. The van der Waals surface area contributed by atoms with Gasteiger partial charge in [-0.25, -0.2) is 9.98 Å². The molecule has 5 atom stereocenters. The highest BCUT2D eigenvalue weighted by Gasteiger charge is 2.51. The maximum absolute atomic E-state index is 10.3. The van der Waals surface area contributed by atoms with E-state index in [1.807, 2.05) is 22.6 Å². The van der Waals surface area contributed by atoms with Gasteiger partial charge >= 0.3 is 0 Å². The summed E-state index contributed by atoms with van der Waals surface area (Å²) < 4.78 is 11.2. The first-order chi connectivity index (χ1) is 12.4. The van der Waals surface area contributed by atoms with E-state index in [4.69, 9.17) is 14.9 Å². The Morgan fingerprint density at radius 1 is 1.42 bits per heavy atom. The molecule has 0 spiro atoms. The molecule has 6 N–H and O–H groups in total. The number of aliphatic hydroxyl groups excluding tert-OH is 3. The number of hydrogen-bond donors (Lipinski definition) is 5. The summed E-state index contributed by atoms with van der Waals surface area (Å²) in [6, 6.07) is 3.40. The number of nitrogens with zero attached hydrogens (tertiary/aromatic N) is 4. The molecule has 3 aliphatic heterocycles. The first-order valence-electron chi connectivity index (χ1n) is 7.82. The third-order valence-electron chi connectivity index (χ3n) is 4.35. The zero-order chi connectivity index (χ0) is 18.5. The van der Waals surface area contributed by atoms with E-state index >= 15 is 0 Å². The van der Waals surface area contributed by atoms with E-state index in [9.17, 15) is 15.3 Å². The predicted molar refractivity (Wildman–Crippen MR) is 100 cm³/mol. The van der Waals surface area contributed by atoms with Gasteiger partial charge in [-0.3, -0.25) is 10.7 Å². The highest BCUT2D eigenvalue weighted by atomic mass is 127. The SMILES string of the molecule is NC1(Nc2ccco2)N=C(I)N=C2C1=NCN2[C@@H]1O[C@H](CO)[C@@H](O)[C@H]1O. The lowest BCUT2D eigenvalue weighted by atomic mass is 10.1. The molecule has 1 aromatic rings. The van der Waals surface area contributed by atoms with Crippen molar-refractivity contribution in [2.45, 2.75) is 30.3 Å². The van der Waals surface area contributed by atoms with Crippen LogP contribution in [0.4, 0.5) is 5.88 Å². The first-order valence-corrected chi connectivity index (χ1v) is 8.90. The summed E-state index contributed by atoms with van der Waals surface area (Å²) in [7, 11) is 0. The van der Waals surface area contributed by atoms with Gasteiger partial charge in [-0.05, 0) is 6.07 Å². The minimum absolute atomic E-state index is 0.110. The molecule has 11 nitrogen and oxygen atoms in total. The third-order valence-corrected chi connectivity index (χ3v) is 4.83. The smallest absolute Gasteiger partial charge is 0.234 e. The number of aliphatic imine (C=N–C) groups is 3. The van der Waals surface area contributed by atoms with Crippen LogP contribution in [0.25, 0.3) is 0 Å². The molecular weight excluding hydrogens is 459 g/mol. The van der Waals surface area contributed by atoms with Crippen molar-refractivity contribution >= 4 is 43.9 Å². The predicted octanol–water partition coefficient (Wildman–Crippen LogP) is -1.34. The van der Waals surface area contributed by atoms with Gasteiger partial charge in [0.2, 0.25) is 5.79 Å². The van der Waals surface area contributed by atoms with E-state index in [1.165, 1.54) is 6.26 Å². The molecule has 1 aromatic heterocycles. The van der Waals surface area contributed by atoms with Gasteiger partial charge in [-0.1, -0.05) is 0 Å². The lowest BCUT2D eigenvalue weighted by molar-refractivity contribution is -0.0688. The Hall–Kier alpha value is -1.58. The van der Waals surface area contributed by atoms with Crippen LogP contribution in [0, 0.1) is 0 Å². The molecule has 4 heterocycles. The molecule has 140 valence electrons. The molecule has 0 aliphatic carbocycles. The van der Waals surface area contributed by atoms with Crippen molar-refractivity contribution in [1.82, 2.24) is 4.90 Å². The molecule has 12 heteroatoms. The summed E-state index contributed by atoms with van der Waals surface area (Å²) in [4.78, 5) is 14.7. The fraction of sp³-hybridized carbons (Fsp3) is 0.500. The van der Waals surface area contributed by atoms with Gasteiger partial charge in [-0.15, -0.1) is 0 Å². The van der Waals surface area contributed by atoms with Crippen LogP contribution in [-0.2, 0) is 4.74 Å². The van der Waals surface area contributed by atoms with Gasteiger partial charge in [-0.2, -0.15) is 0 Å². The Kier molecular flexibility index (Phi) is 4.48. The van der Waals surface area contributed by atoms with Crippen LogP contribution >= 0.6 is 22.6 Å².